The Labute approximate surface area is 144 Å². The van der Waals surface area contributed by atoms with Gasteiger partial charge in [-0.05, 0) is 37.6 Å². The molecule has 0 saturated carbocycles. The summed E-state index contributed by atoms with van der Waals surface area (Å²) >= 11 is 0. The van der Waals surface area contributed by atoms with E-state index >= 15 is 0 Å². The molecule has 3 aromatic heterocycles. The summed E-state index contributed by atoms with van der Waals surface area (Å²) in [5, 5.41) is 23.3. The van der Waals surface area contributed by atoms with Gasteiger partial charge in [0.15, 0.2) is 0 Å². The Bertz CT molecular complexity index is 925. The van der Waals surface area contributed by atoms with Gasteiger partial charge in [0.25, 0.3) is 6.47 Å². The zero-order chi connectivity index (χ0) is 18.4. The third kappa shape index (κ3) is 3.97. The maximum absolute atomic E-state index is 9.34. The number of hydrogen-bond donors (Lipinski definition) is 3. The number of nitrogens with two attached hydrogens (primary N) is 1. The summed E-state index contributed by atoms with van der Waals surface area (Å²) in [6.07, 6.45) is 1.77. The maximum Gasteiger partial charge on any atom is 0.290 e. The van der Waals surface area contributed by atoms with Crippen molar-refractivity contribution in [3.8, 4) is 28.7 Å². The van der Waals surface area contributed by atoms with Crippen molar-refractivity contribution in [2.45, 2.75) is 13.8 Å². The predicted molar refractivity (Wildman–Crippen MR) is 92.3 cm³/mol. The molecule has 0 saturated heterocycles. The lowest BCUT2D eigenvalue weighted by Crippen LogP contribution is -2.00. The first kappa shape index (κ1) is 17.6. The second kappa shape index (κ2) is 7.70. The van der Waals surface area contributed by atoms with E-state index in [2.05, 4.69) is 26.2 Å². The molecule has 0 radical (unpaired) electrons. The first-order valence-electron chi connectivity index (χ1n) is 7.24. The van der Waals surface area contributed by atoms with Crippen molar-refractivity contribution in [1.82, 2.24) is 20.2 Å². The average molecular weight is 336 g/mol. The Morgan fingerprint density at radius 1 is 1.24 bits per heavy atom. The molecule has 8 heteroatoms. The van der Waals surface area contributed by atoms with Gasteiger partial charge in [-0.1, -0.05) is 6.07 Å². The Kier molecular flexibility index (Phi) is 5.43. The van der Waals surface area contributed by atoms with E-state index in [1.165, 1.54) is 0 Å². The summed E-state index contributed by atoms with van der Waals surface area (Å²) in [5.74, 6) is 0.179. The third-order valence-corrected chi connectivity index (χ3v) is 3.31. The zero-order valence-electron chi connectivity index (χ0n) is 13.7. The van der Waals surface area contributed by atoms with Gasteiger partial charge in [-0.25, -0.2) is 4.98 Å². The summed E-state index contributed by atoms with van der Waals surface area (Å²) < 4.78 is 0. The molecular weight excluding hydrogens is 320 g/mol. The van der Waals surface area contributed by atoms with Gasteiger partial charge in [0.05, 0.1) is 17.1 Å². The smallest absolute Gasteiger partial charge is 0.290 e. The van der Waals surface area contributed by atoms with Crippen LogP contribution >= 0.6 is 0 Å². The number of nitrogens with one attached hydrogen (secondary N) is 1. The number of carboxylic acid groups (broad SMARTS) is 1. The minimum Gasteiger partial charge on any atom is -0.483 e. The van der Waals surface area contributed by atoms with Gasteiger partial charge in [0, 0.05) is 17.5 Å². The normalized spacial score (nSPS) is 9.64. The number of carbonyl (C=O) groups is 1. The first-order valence-corrected chi connectivity index (χ1v) is 7.24. The molecule has 0 unspecified atom stereocenters. The molecule has 3 heterocycles. The lowest BCUT2D eigenvalue weighted by atomic mass is 10.0. The number of nitrogen functional groups attached to an aromatic ring is 1. The lowest BCUT2D eigenvalue weighted by Gasteiger charge is -2.07. The van der Waals surface area contributed by atoms with Crippen molar-refractivity contribution in [2.24, 2.45) is 0 Å². The van der Waals surface area contributed by atoms with Crippen LogP contribution in [0, 0.1) is 25.2 Å². The molecule has 0 amide bonds. The van der Waals surface area contributed by atoms with Gasteiger partial charge in [-0.3, -0.25) is 14.9 Å². The standard InChI is InChI=1S/C16H14N6.CH2O2/c1-9-3-4-13(19-8-9)15-6-11(12(7-17)16(18)20-15)14-5-10(2)21-22-14;2-1-3/h3-6,8H,1-2H3,(H2,18,20)(H,21,22);1H,(H,2,3). The fourth-order valence-corrected chi connectivity index (χ4v) is 2.19. The highest BCUT2D eigenvalue weighted by Gasteiger charge is 2.15. The van der Waals surface area contributed by atoms with Gasteiger partial charge in [-0.15, -0.1) is 0 Å². The highest BCUT2D eigenvalue weighted by molar-refractivity contribution is 5.77. The minimum absolute atomic E-state index is 0.179. The van der Waals surface area contributed by atoms with E-state index < -0.39 is 0 Å². The van der Waals surface area contributed by atoms with E-state index in [9.17, 15) is 5.26 Å². The van der Waals surface area contributed by atoms with Crippen molar-refractivity contribution in [2.75, 3.05) is 5.73 Å². The fourth-order valence-electron chi connectivity index (χ4n) is 2.19. The summed E-state index contributed by atoms with van der Waals surface area (Å²) in [6, 6.07) is 9.59. The molecular formula is C17H16N6O2. The number of H-pyrrole nitrogens is 1. The van der Waals surface area contributed by atoms with Crippen molar-refractivity contribution in [3.63, 3.8) is 0 Å². The molecule has 0 aliphatic carbocycles. The molecule has 8 nitrogen and oxygen atoms in total. The van der Waals surface area contributed by atoms with E-state index in [0.717, 1.165) is 11.3 Å². The number of aryl methyl sites for hydroxylation is 2. The molecule has 0 aliphatic heterocycles. The predicted octanol–water partition coefficient (Wildman–Crippen LogP) is 2.31. The number of anilines is 1. The molecule has 3 aromatic rings. The molecule has 0 aromatic carbocycles. The highest BCUT2D eigenvalue weighted by Crippen LogP contribution is 2.29. The van der Waals surface area contributed by atoms with E-state index in [-0.39, 0.29) is 12.3 Å². The minimum atomic E-state index is -0.250. The number of nitrogens with zero attached hydrogens (tertiary/aromatic N) is 4. The van der Waals surface area contributed by atoms with E-state index in [1.54, 1.807) is 12.3 Å². The number of aromatic amines is 1. The van der Waals surface area contributed by atoms with Crippen LogP contribution in [0.5, 0.6) is 0 Å². The monoisotopic (exact) mass is 336 g/mol. The van der Waals surface area contributed by atoms with Gasteiger partial charge in [0.1, 0.15) is 17.5 Å². The maximum atomic E-state index is 9.34. The molecule has 0 fully saturated rings. The quantitative estimate of drug-likeness (QED) is 0.609. The molecule has 0 aliphatic rings. The van der Waals surface area contributed by atoms with E-state index in [1.807, 2.05) is 32.0 Å². The molecule has 0 atom stereocenters. The van der Waals surface area contributed by atoms with Gasteiger partial charge in [-0.2, -0.15) is 10.4 Å². The number of pyridine rings is 2. The second-order valence-corrected chi connectivity index (χ2v) is 5.19. The average Bonchev–Trinajstić information content (AvgIpc) is 3.02. The van der Waals surface area contributed by atoms with Crippen LogP contribution in [0.4, 0.5) is 5.82 Å². The summed E-state index contributed by atoms with van der Waals surface area (Å²) in [7, 11) is 0. The summed E-state index contributed by atoms with van der Waals surface area (Å²) in [4.78, 5) is 17.0. The van der Waals surface area contributed by atoms with Crippen LogP contribution in [-0.4, -0.2) is 31.7 Å². The van der Waals surface area contributed by atoms with Gasteiger partial charge >= 0.3 is 0 Å². The molecule has 4 N–H and O–H groups in total. The van der Waals surface area contributed by atoms with Crippen molar-refractivity contribution in [3.05, 3.63) is 47.3 Å². The van der Waals surface area contributed by atoms with E-state index in [0.29, 0.717) is 28.2 Å². The molecule has 0 bridgehead atoms. The van der Waals surface area contributed by atoms with Crippen LogP contribution in [0.15, 0.2) is 30.5 Å². The van der Waals surface area contributed by atoms with Crippen LogP contribution in [-0.2, 0) is 4.79 Å². The SMILES string of the molecule is Cc1ccc(-c2cc(-c3cc(C)[nH]n3)c(C#N)c(N)n2)nc1.O=CO. The molecule has 126 valence electrons. The Morgan fingerprint density at radius 2 is 1.96 bits per heavy atom. The van der Waals surface area contributed by atoms with Gasteiger partial charge < -0.3 is 10.8 Å². The van der Waals surface area contributed by atoms with Crippen LogP contribution in [0.2, 0.25) is 0 Å². The summed E-state index contributed by atoms with van der Waals surface area (Å²) in [5.41, 5.74) is 10.9. The highest BCUT2D eigenvalue weighted by atomic mass is 16.3. The topological polar surface area (TPSA) is 142 Å². The van der Waals surface area contributed by atoms with Crippen LogP contribution in [0.1, 0.15) is 16.8 Å². The number of aromatic nitrogens is 4. The van der Waals surface area contributed by atoms with Crippen molar-refractivity contribution >= 4 is 12.3 Å². The van der Waals surface area contributed by atoms with Crippen molar-refractivity contribution < 1.29 is 9.90 Å². The van der Waals surface area contributed by atoms with Crippen molar-refractivity contribution in [1.29, 1.82) is 5.26 Å². The summed E-state index contributed by atoms with van der Waals surface area (Å²) in [6.45, 7) is 3.62. The molecule has 3 rings (SSSR count). The Morgan fingerprint density at radius 3 is 2.48 bits per heavy atom. The Balaban J connectivity index is 0.000000701. The van der Waals surface area contributed by atoms with Crippen LogP contribution in [0.3, 0.4) is 0 Å². The Hall–Kier alpha value is -3.73. The van der Waals surface area contributed by atoms with E-state index in [4.69, 9.17) is 15.6 Å². The third-order valence-electron chi connectivity index (χ3n) is 3.31. The first-order chi connectivity index (χ1) is 12.0. The molecule has 25 heavy (non-hydrogen) atoms. The molecule has 0 spiro atoms. The lowest BCUT2D eigenvalue weighted by molar-refractivity contribution is -0.122. The van der Waals surface area contributed by atoms with Crippen LogP contribution < -0.4 is 5.73 Å². The number of hydrogen-bond acceptors (Lipinski definition) is 6. The number of nitriles is 1. The zero-order valence-corrected chi connectivity index (χ0v) is 13.7. The fraction of sp³-hybridized carbons (Fsp3) is 0.118. The number of rotatable bonds is 2. The van der Waals surface area contributed by atoms with Gasteiger partial charge in [0.2, 0.25) is 0 Å². The van der Waals surface area contributed by atoms with Crippen LogP contribution in [0.25, 0.3) is 22.6 Å². The largest absolute Gasteiger partial charge is 0.483 e. The second-order valence-electron chi connectivity index (χ2n) is 5.19.